The number of ketones is 2. The third kappa shape index (κ3) is 4.41. The van der Waals surface area contributed by atoms with Crippen LogP contribution in [-0.2, 0) is 10.1 Å². The summed E-state index contributed by atoms with van der Waals surface area (Å²) in [6.07, 6.45) is 1.08. The third-order valence-electron chi connectivity index (χ3n) is 7.03. The third-order valence-corrected chi connectivity index (χ3v) is 7.94. The van der Waals surface area contributed by atoms with Crippen molar-refractivity contribution in [3.63, 3.8) is 0 Å². The van der Waals surface area contributed by atoms with Crippen LogP contribution in [0.5, 0.6) is 6.01 Å². The number of aromatic hydroxyl groups is 1. The zero-order chi connectivity index (χ0) is 27.2. The van der Waals surface area contributed by atoms with Crippen LogP contribution < -0.4 is 16.4 Å². The molecule has 0 saturated carbocycles. The first-order chi connectivity index (χ1) is 17.3. The molecule has 6 N–H and O–H groups in total. The number of Topliss-reactive ketones (excluding diaryl/α,β-unsaturated/α-hetero) is 2. The summed E-state index contributed by atoms with van der Waals surface area (Å²) >= 11 is 0. The maximum atomic E-state index is 13.4. The molecule has 1 aliphatic carbocycles. The van der Waals surface area contributed by atoms with E-state index in [4.69, 9.17) is 5.73 Å². The number of carbonyl (C=O) groups is 2. The second kappa shape index (κ2) is 9.18. The maximum absolute atomic E-state index is 13.4. The normalized spacial score (nSPS) is 17.5. The van der Waals surface area contributed by atoms with Crippen LogP contribution in [0.25, 0.3) is 0 Å². The van der Waals surface area contributed by atoms with Gasteiger partial charge in [-0.2, -0.15) is 23.4 Å². The minimum absolute atomic E-state index is 0.0302. The highest BCUT2D eigenvalue weighted by atomic mass is 32.2. The number of hydrogen-bond donors (Lipinski definition) is 5. The molecular formula is C24H26N6O6S. The van der Waals surface area contributed by atoms with Gasteiger partial charge in [-0.1, -0.05) is 32.9 Å². The quantitative estimate of drug-likeness (QED) is 0.212. The van der Waals surface area contributed by atoms with Crippen LogP contribution in [0.15, 0.2) is 47.4 Å². The van der Waals surface area contributed by atoms with Crippen molar-refractivity contribution in [3.8, 4) is 6.01 Å². The van der Waals surface area contributed by atoms with Crippen LogP contribution in [0.1, 0.15) is 54.3 Å². The molecule has 0 amide bonds. The van der Waals surface area contributed by atoms with Crippen LogP contribution in [0.2, 0.25) is 0 Å². The fraction of sp³-hybridized carbons (Fsp3) is 0.292. The van der Waals surface area contributed by atoms with E-state index in [1.807, 2.05) is 20.8 Å². The number of hydrogen-bond acceptors (Lipinski definition) is 11. The molecule has 2 aromatic carbocycles. The molecule has 1 unspecified atom stereocenters. The Bertz CT molecular complexity index is 1520. The van der Waals surface area contributed by atoms with E-state index in [2.05, 4.69) is 25.6 Å². The molecule has 0 bridgehead atoms. The molecule has 3 aromatic rings. The van der Waals surface area contributed by atoms with Crippen molar-refractivity contribution in [2.45, 2.75) is 44.0 Å². The summed E-state index contributed by atoms with van der Waals surface area (Å²) in [6, 6.07) is 9.34. The highest BCUT2D eigenvalue weighted by Gasteiger charge is 2.59. The minimum Gasteiger partial charge on any atom is -0.479 e. The average molecular weight is 527 g/mol. The molecule has 4 rings (SSSR count). The number of para-hydroxylation sites is 1. The molecule has 0 spiro atoms. The number of nitrogens with one attached hydrogen (secondary N) is 2. The van der Waals surface area contributed by atoms with Gasteiger partial charge in [0.2, 0.25) is 11.9 Å². The Hall–Kier alpha value is -3.94. The molecule has 12 nitrogen and oxygen atoms in total. The number of rotatable bonds is 8. The summed E-state index contributed by atoms with van der Waals surface area (Å²) < 4.78 is 32.7. The van der Waals surface area contributed by atoms with Crippen molar-refractivity contribution in [2.24, 2.45) is 11.1 Å². The SMILES string of the molecule is CCC(C)(CC)C1(N)C(=O)c2ccc(Nc3nc(O)nc(Nc4ccccc4S(=O)(=O)O)n3)cc2C1=O. The van der Waals surface area contributed by atoms with E-state index in [1.165, 1.54) is 36.4 Å². The van der Waals surface area contributed by atoms with Crippen molar-refractivity contribution in [2.75, 3.05) is 10.6 Å². The van der Waals surface area contributed by atoms with Gasteiger partial charge in [0.1, 0.15) is 10.4 Å². The second-order valence-electron chi connectivity index (χ2n) is 9.00. The molecule has 0 aliphatic heterocycles. The van der Waals surface area contributed by atoms with Crippen LogP contribution in [0, 0.1) is 5.41 Å². The van der Waals surface area contributed by atoms with Gasteiger partial charge < -0.3 is 21.5 Å². The van der Waals surface area contributed by atoms with Crippen molar-refractivity contribution in [3.05, 3.63) is 53.6 Å². The number of anilines is 4. The fourth-order valence-corrected chi connectivity index (χ4v) is 5.06. The molecule has 0 fully saturated rings. The number of nitrogens with two attached hydrogens (primary N) is 1. The topological polar surface area (TPSA) is 197 Å². The van der Waals surface area contributed by atoms with Gasteiger partial charge in [-0.25, -0.2) is 0 Å². The van der Waals surface area contributed by atoms with Gasteiger partial charge in [-0.15, -0.1) is 0 Å². The number of carbonyl (C=O) groups excluding carboxylic acids is 2. The molecule has 1 atom stereocenters. The molecule has 194 valence electrons. The van der Waals surface area contributed by atoms with E-state index < -0.39 is 43.5 Å². The van der Waals surface area contributed by atoms with Gasteiger partial charge >= 0.3 is 6.01 Å². The summed E-state index contributed by atoms with van der Waals surface area (Å²) in [5.74, 6) is -1.25. The summed E-state index contributed by atoms with van der Waals surface area (Å²) in [7, 11) is -4.54. The number of fused-ring (bicyclic) bond motifs is 1. The van der Waals surface area contributed by atoms with Crippen LogP contribution in [0.3, 0.4) is 0 Å². The molecule has 0 saturated heterocycles. The predicted octanol–water partition coefficient (Wildman–Crippen LogP) is 3.21. The first-order valence-corrected chi connectivity index (χ1v) is 12.9. The highest BCUT2D eigenvalue weighted by Crippen LogP contribution is 2.45. The summed E-state index contributed by atoms with van der Waals surface area (Å²) in [5, 5.41) is 15.5. The largest absolute Gasteiger partial charge is 0.479 e. The van der Waals surface area contributed by atoms with Gasteiger partial charge in [0, 0.05) is 22.2 Å². The molecule has 1 aromatic heterocycles. The highest BCUT2D eigenvalue weighted by molar-refractivity contribution is 7.86. The summed E-state index contributed by atoms with van der Waals surface area (Å²) in [6.45, 7) is 5.61. The summed E-state index contributed by atoms with van der Waals surface area (Å²) in [5.41, 5.74) is 4.80. The lowest BCUT2D eigenvalue weighted by Gasteiger charge is -2.40. The average Bonchev–Trinajstić information content (AvgIpc) is 3.04. The Morgan fingerprint density at radius 2 is 1.54 bits per heavy atom. The lowest BCUT2D eigenvalue weighted by molar-refractivity contribution is 0.0584. The number of benzene rings is 2. The second-order valence-corrected chi connectivity index (χ2v) is 10.4. The van der Waals surface area contributed by atoms with E-state index in [0.29, 0.717) is 18.5 Å². The zero-order valence-corrected chi connectivity index (χ0v) is 21.1. The van der Waals surface area contributed by atoms with Crippen LogP contribution in [0.4, 0.5) is 23.3 Å². The maximum Gasteiger partial charge on any atom is 0.320 e. The van der Waals surface area contributed by atoms with Gasteiger partial charge in [0.15, 0.2) is 11.6 Å². The smallest absolute Gasteiger partial charge is 0.320 e. The van der Waals surface area contributed by atoms with Crippen molar-refractivity contribution < 1.29 is 27.7 Å². The van der Waals surface area contributed by atoms with E-state index in [1.54, 1.807) is 6.07 Å². The van der Waals surface area contributed by atoms with Gasteiger partial charge in [-0.05, 0) is 43.2 Å². The molecule has 37 heavy (non-hydrogen) atoms. The van der Waals surface area contributed by atoms with Crippen molar-refractivity contribution in [1.82, 2.24) is 15.0 Å². The van der Waals surface area contributed by atoms with E-state index in [9.17, 15) is 27.7 Å². The lowest BCUT2D eigenvalue weighted by atomic mass is 9.65. The summed E-state index contributed by atoms with van der Waals surface area (Å²) in [4.78, 5) is 37.8. The Morgan fingerprint density at radius 3 is 2.16 bits per heavy atom. The Morgan fingerprint density at radius 1 is 0.946 bits per heavy atom. The monoisotopic (exact) mass is 526 g/mol. The lowest BCUT2D eigenvalue weighted by Crippen LogP contribution is -2.61. The van der Waals surface area contributed by atoms with Crippen molar-refractivity contribution >= 4 is 45.0 Å². The molecule has 0 radical (unpaired) electrons. The van der Waals surface area contributed by atoms with E-state index in [0.717, 1.165) is 0 Å². The van der Waals surface area contributed by atoms with Crippen LogP contribution in [-0.4, -0.2) is 50.1 Å². The predicted molar refractivity (Wildman–Crippen MR) is 135 cm³/mol. The standard InChI is InChI=1S/C24H26N6O6S/c1-4-23(3,5-2)24(25)18(31)14-11-10-13(12-15(14)19(24)32)26-20-28-21(30-22(33)29-20)27-16-8-6-7-9-17(16)37(34,35)36/h6-12H,4-5,25H2,1-3H3,(H,34,35,36)(H3,26,27,28,29,30,33). The first-order valence-electron chi connectivity index (χ1n) is 11.4. The first kappa shape index (κ1) is 26.1. The Balaban J connectivity index is 1.65. The number of nitrogens with zero attached hydrogens (tertiary/aromatic N) is 3. The minimum atomic E-state index is -4.54. The molecule has 1 aliphatic rings. The molecular weight excluding hydrogens is 500 g/mol. The zero-order valence-electron chi connectivity index (χ0n) is 20.3. The van der Waals surface area contributed by atoms with Gasteiger partial charge in [0.05, 0.1) is 5.69 Å². The molecule has 1 heterocycles. The van der Waals surface area contributed by atoms with E-state index in [-0.39, 0.29) is 28.7 Å². The molecule has 13 heteroatoms. The van der Waals surface area contributed by atoms with Crippen molar-refractivity contribution in [1.29, 1.82) is 0 Å². The van der Waals surface area contributed by atoms with E-state index >= 15 is 0 Å². The van der Waals surface area contributed by atoms with Gasteiger partial charge in [0.25, 0.3) is 10.1 Å². The fourth-order valence-electron chi connectivity index (χ4n) is 4.41. The Kier molecular flexibility index (Phi) is 6.48. The Labute approximate surface area is 213 Å². The number of aromatic nitrogens is 3. The van der Waals surface area contributed by atoms with Crippen LogP contribution >= 0.6 is 0 Å². The van der Waals surface area contributed by atoms with Gasteiger partial charge in [-0.3, -0.25) is 14.1 Å².